The summed E-state index contributed by atoms with van der Waals surface area (Å²) in [7, 11) is 0. The predicted octanol–water partition coefficient (Wildman–Crippen LogP) is 3.04. The van der Waals surface area contributed by atoms with E-state index in [1.54, 1.807) is 6.92 Å². The highest BCUT2D eigenvalue weighted by atomic mass is 32.1. The first-order valence-corrected chi connectivity index (χ1v) is 10.3. The summed E-state index contributed by atoms with van der Waals surface area (Å²) in [4.78, 5) is 33.3. The van der Waals surface area contributed by atoms with E-state index in [1.165, 1.54) is 24.2 Å². The molecule has 2 amide bonds. The Morgan fingerprint density at radius 3 is 2.65 bits per heavy atom. The monoisotopic (exact) mass is 380 g/mol. The average Bonchev–Trinajstić information content (AvgIpc) is 3.10. The Kier molecular flexibility index (Phi) is 5.70. The van der Waals surface area contributed by atoms with E-state index in [2.05, 4.69) is 11.9 Å². The number of nitrogens with zero attached hydrogens (tertiary/aromatic N) is 3. The highest BCUT2D eigenvalue weighted by Gasteiger charge is 2.47. The summed E-state index contributed by atoms with van der Waals surface area (Å²) in [6.07, 6.45) is 5.72. The summed E-state index contributed by atoms with van der Waals surface area (Å²) in [5.41, 5.74) is 5.96. The van der Waals surface area contributed by atoms with Crippen molar-refractivity contribution in [2.45, 2.75) is 58.0 Å². The van der Waals surface area contributed by atoms with Crippen molar-refractivity contribution >= 4 is 28.5 Å². The minimum absolute atomic E-state index is 0.0210. The van der Waals surface area contributed by atoms with Gasteiger partial charge in [0, 0.05) is 32.5 Å². The Morgan fingerprint density at radius 2 is 2.04 bits per heavy atom. The zero-order valence-electron chi connectivity index (χ0n) is 15.6. The number of rotatable bonds is 6. The van der Waals surface area contributed by atoms with Gasteiger partial charge in [-0.05, 0) is 13.3 Å². The zero-order chi connectivity index (χ0) is 18.7. The van der Waals surface area contributed by atoms with Crippen LogP contribution in [0.1, 0.15) is 60.8 Å². The van der Waals surface area contributed by atoms with Gasteiger partial charge in [0.15, 0.2) is 5.13 Å². The molecule has 1 aromatic heterocycles. The Hall–Kier alpha value is -1.83. The summed E-state index contributed by atoms with van der Waals surface area (Å²) in [5.74, 6) is -0.0210. The standard InChI is InChI=1S/C18H28N4O3S/c1-3-4-5-6-9-22-12-18(25-17(22)24)7-10-21(11-8-18)15(23)14-13(2)20-16(19)26-14/h3-12H2,1-2H3,(H2,19,20). The number of anilines is 1. The molecule has 144 valence electrons. The molecule has 0 aliphatic carbocycles. The maximum atomic E-state index is 12.7. The Bertz CT molecular complexity index is 667. The van der Waals surface area contributed by atoms with Gasteiger partial charge in [0.25, 0.3) is 5.91 Å². The van der Waals surface area contributed by atoms with E-state index in [0.29, 0.717) is 48.2 Å². The number of carbonyl (C=O) groups excluding carboxylic acids is 2. The molecular formula is C18H28N4O3S. The molecule has 26 heavy (non-hydrogen) atoms. The van der Waals surface area contributed by atoms with Gasteiger partial charge in [-0.2, -0.15) is 0 Å². The molecular weight excluding hydrogens is 352 g/mol. The van der Waals surface area contributed by atoms with Crippen molar-refractivity contribution in [2.24, 2.45) is 0 Å². The second-order valence-corrected chi connectivity index (χ2v) is 8.32. The molecule has 0 bridgehead atoms. The molecule has 2 aliphatic rings. The quantitative estimate of drug-likeness (QED) is 0.766. The third kappa shape index (κ3) is 3.95. The topological polar surface area (TPSA) is 88.8 Å². The third-order valence-electron chi connectivity index (χ3n) is 5.29. The fourth-order valence-corrected chi connectivity index (χ4v) is 4.53. The molecule has 1 aromatic rings. The molecule has 0 saturated carbocycles. The third-order valence-corrected chi connectivity index (χ3v) is 6.27. The summed E-state index contributed by atoms with van der Waals surface area (Å²) < 4.78 is 5.74. The lowest BCUT2D eigenvalue weighted by Gasteiger charge is -2.37. The van der Waals surface area contributed by atoms with Gasteiger partial charge >= 0.3 is 6.09 Å². The van der Waals surface area contributed by atoms with E-state index in [4.69, 9.17) is 10.5 Å². The van der Waals surface area contributed by atoms with Gasteiger partial charge in [0.2, 0.25) is 0 Å². The van der Waals surface area contributed by atoms with Crippen molar-refractivity contribution in [1.29, 1.82) is 0 Å². The van der Waals surface area contributed by atoms with E-state index in [1.807, 2.05) is 9.80 Å². The van der Waals surface area contributed by atoms with Gasteiger partial charge in [0.05, 0.1) is 12.2 Å². The normalized spacial score (nSPS) is 19.2. The van der Waals surface area contributed by atoms with Gasteiger partial charge in [-0.3, -0.25) is 4.79 Å². The highest BCUT2D eigenvalue weighted by molar-refractivity contribution is 7.17. The number of carbonyl (C=O) groups is 2. The molecule has 2 fully saturated rings. The fourth-order valence-electron chi connectivity index (χ4n) is 3.73. The van der Waals surface area contributed by atoms with Crippen molar-refractivity contribution in [3.63, 3.8) is 0 Å². The maximum Gasteiger partial charge on any atom is 0.410 e. The van der Waals surface area contributed by atoms with Crippen molar-refractivity contribution in [3.05, 3.63) is 10.6 Å². The molecule has 0 radical (unpaired) electrons. The van der Waals surface area contributed by atoms with Crippen molar-refractivity contribution in [1.82, 2.24) is 14.8 Å². The average molecular weight is 381 g/mol. The lowest BCUT2D eigenvalue weighted by atomic mass is 9.91. The number of aryl methyl sites for hydroxylation is 1. The molecule has 3 heterocycles. The largest absolute Gasteiger partial charge is 0.441 e. The van der Waals surface area contributed by atoms with Crippen LogP contribution < -0.4 is 5.73 Å². The first-order chi connectivity index (χ1) is 12.4. The van der Waals surface area contributed by atoms with E-state index < -0.39 is 5.60 Å². The van der Waals surface area contributed by atoms with Gasteiger partial charge in [-0.1, -0.05) is 37.5 Å². The second-order valence-electron chi connectivity index (χ2n) is 7.29. The SMILES string of the molecule is CCCCCCN1CC2(CCN(C(=O)c3sc(N)nc3C)CC2)OC1=O. The number of nitrogens with two attached hydrogens (primary N) is 1. The molecule has 2 saturated heterocycles. The van der Waals surface area contributed by atoms with Crippen LogP contribution in [0.5, 0.6) is 0 Å². The molecule has 8 heteroatoms. The Balaban J connectivity index is 1.54. The fraction of sp³-hybridized carbons (Fsp3) is 0.722. The number of unbranched alkanes of at least 4 members (excludes halogenated alkanes) is 3. The second kappa shape index (κ2) is 7.82. The van der Waals surface area contributed by atoms with Crippen molar-refractivity contribution in [2.75, 3.05) is 31.9 Å². The lowest BCUT2D eigenvalue weighted by molar-refractivity contribution is 0.00326. The Labute approximate surface area is 158 Å². The summed E-state index contributed by atoms with van der Waals surface area (Å²) in [6, 6.07) is 0. The molecule has 2 N–H and O–H groups in total. The number of amides is 2. The van der Waals surface area contributed by atoms with Crippen LogP contribution in [0, 0.1) is 6.92 Å². The first-order valence-electron chi connectivity index (χ1n) is 9.44. The van der Waals surface area contributed by atoms with E-state index >= 15 is 0 Å². The molecule has 3 rings (SSSR count). The molecule has 0 unspecified atom stereocenters. The number of hydrogen-bond donors (Lipinski definition) is 1. The van der Waals surface area contributed by atoms with Crippen LogP contribution in [0.3, 0.4) is 0 Å². The molecule has 7 nitrogen and oxygen atoms in total. The molecule has 1 spiro atoms. The lowest BCUT2D eigenvalue weighted by Crippen LogP contribution is -2.48. The first kappa shape index (κ1) is 18.9. The van der Waals surface area contributed by atoms with Gasteiger partial charge in [0.1, 0.15) is 10.5 Å². The van der Waals surface area contributed by atoms with Crippen LogP contribution in [-0.2, 0) is 4.74 Å². The molecule has 2 aliphatic heterocycles. The predicted molar refractivity (Wildman–Crippen MR) is 101 cm³/mol. The van der Waals surface area contributed by atoms with Crippen LogP contribution in [0.4, 0.5) is 9.93 Å². The van der Waals surface area contributed by atoms with Crippen LogP contribution in [-0.4, -0.2) is 58.6 Å². The maximum absolute atomic E-state index is 12.7. The summed E-state index contributed by atoms with van der Waals surface area (Å²) in [6.45, 7) is 6.58. The smallest absolute Gasteiger partial charge is 0.410 e. The van der Waals surface area contributed by atoms with E-state index in [9.17, 15) is 9.59 Å². The van der Waals surface area contributed by atoms with Gasteiger partial charge < -0.3 is 20.3 Å². The number of likely N-dealkylation sites (tertiary alicyclic amines) is 1. The minimum Gasteiger partial charge on any atom is -0.441 e. The van der Waals surface area contributed by atoms with Crippen LogP contribution in [0.15, 0.2) is 0 Å². The minimum atomic E-state index is -0.430. The van der Waals surface area contributed by atoms with E-state index in [-0.39, 0.29) is 12.0 Å². The van der Waals surface area contributed by atoms with Crippen molar-refractivity contribution in [3.8, 4) is 0 Å². The zero-order valence-corrected chi connectivity index (χ0v) is 16.4. The van der Waals surface area contributed by atoms with Crippen LogP contribution >= 0.6 is 11.3 Å². The summed E-state index contributed by atoms with van der Waals surface area (Å²) in [5, 5.41) is 0.419. The van der Waals surface area contributed by atoms with Gasteiger partial charge in [-0.25, -0.2) is 9.78 Å². The number of nitrogen functional groups attached to an aromatic ring is 1. The van der Waals surface area contributed by atoms with Gasteiger partial charge in [-0.15, -0.1) is 0 Å². The highest BCUT2D eigenvalue weighted by Crippen LogP contribution is 2.34. The van der Waals surface area contributed by atoms with E-state index in [0.717, 1.165) is 19.4 Å². The number of ether oxygens (including phenoxy) is 1. The number of aromatic nitrogens is 1. The van der Waals surface area contributed by atoms with Crippen LogP contribution in [0.25, 0.3) is 0 Å². The van der Waals surface area contributed by atoms with Crippen LogP contribution in [0.2, 0.25) is 0 Å². The number of thiazole rings is 1. The number of piperidine rings is 1. The number of hydrogen-bond acceptors (Lipinski definition) is 6. The van der Waals surface area contributed by atoms with Crippen molar-refractivity contribution < 1.29 is 14.3 Å². The molecule has 0 atom stereocenters. The summed E-state index contributed by atoms with van der Waals surface area (Å²) >= 11 is 1.24. The Morgan fingerprint density at radius 1 is 1.31 bits per heavy atom. The molecule has 0 aromatic carbocycles.